The van der Waals surface area contributed by atoms with Crippen molar-refractivity contribution in [1.29, 1.82) is 0 Å². The fourth-order valence-electron chi connectivity index (χ4n) is 1.88. The van der Waals surface area contributed by atoms with Crippen LogP contribution in [0.25, 0.3) is 0 Å². The van der Waals surface area contributed by atoms with Crippen molar-refractivity contribution in [2.24, 2.45) is 5.73 Å². The summed E-state index contributed by atoms with van der Waals surface area (Å²) in [7, 11) is 0. The fourth-order valence-corrected chi connectivity index (χ4v) is 1.88. The topological polar surface area (TPSA) is 97.1 Å². The molecule has 0 fully saturated rings. The Morgan fingerprint density at radius 1 is 1.23 bits per heavy atom. The summed E-state index contributed by atoms with van der Waals surface area (Å²) in [6, 6.07) is 8.71. The molecular formula is C16H18N4O2. The summed E-state index contributed by atoms with van der Waals surface area (Å²) in [4.78, 5) is 27.6. The van der Waals surface area contributed by atoms with Gasteiger partial charge in [0.15, 0.2) is 0 Å². The van der Waals surface area contributed by atoms with Crippen molar-refractivity contribution < 1.29 is 9.59 Å². The van der Waals surface area contributed by atoms with Crippen LogP contribution in [0.2, 0.25) is 0 Å². The Morgan fingerprint density at radius 3 is 2.73 bits per heavy atom. The molecule has 1 aromatic carbocycles. The van der Waals surface area contributed by atoms with Gasteiger partial charge in [-0.25, -0.2) is 0 Å². The monoisotopic (exact) mass is 298 g/mol. The van der Waals surface area contributed by atoms with Crippen molar-refractivity contribution in [2.45, 2.75) is 13.3 Å². The average molecular weight is 298 g/mol. The molecule has 22 heavy (non-hydrogen) atoms. The van der Waals surface area contributed by atoms with Gasteiger partial charge in [0.25, 0.3) is 5.91 Å². The van der Waals surface area contributed by atoms with E-state index in [1.807, 2.05) is 13.0 Å². The SMILES string of the molecule is Cc1ccc(NC(=O)c2cccnc2)cc1NC(=O)CCN. The molecule has 0 saturated heterocycles. The van der Waals surface area contributed by atoms with E-state index in [0.29, 0.717) is 23.5 Å². The summed E-state index contributed by atoms with van der Waals surface area (Å²) in [6.07, 6.45) is 3.35. The van der Waals surface area contributed by atoms with Crippen molar-refractivity contribution in [3.8, 4) is 0 Å². The summed E-state index contributed by atoms with van der Waals surface area (Å²) in [5.41, 5.74) is 7.99. The number of hydrogen-bond donors (Lipinski definition) is 3. The molecule has 2 rings (SSSR count). The van der Waals surface area contributed by atoms with Crippen LogP contribution >= 0.6 is 0 Å². The summed E-state index contributed by atoms with van der Waals surface area (Å²) in [6.45, 7) is 2.17. The van der Waals surface area contributed by atoms with Crippen molar-refractivity contribution >= 4 is 23.2 Å². The summed E-state index contributed by atoms with van der Waals surface area (Å²) in [5, 5.41) is 5.56. The van der Waals surface area contributed by atoms with Crippen molar-refractivity contribution in [2.75, 3.05) is 17.2 Å². The van der Waals surface area contributed by atoms with Crippen LogP contribution in [0.15, 0.2) is 42.7 Å². The minimum Gasteiger partial charge on any atom is -0.330 e. The van der Waals surface area contributed by atoms with Crippen molar-refractivity contribution in [1.82, 2.24) is 4.98 Å². The number of anilines is 2. The number of carbonyl (C=O) groups excluding carboxylic acids is 2. The number of hydrogen-bond acceptors (Lipinski definition) is 4. The van der Waals surface area contributed by atoms with E-state index >= 15 is 0 Å². The van der Waals surface area contributed by atoms with Crippen molar-refractivity contribution in [3.63, 3.8) is 0 Å². The van der Waals surface area contributed by atoms with Crippen LogP contribution < -0.4 is 16.4 Å². The average Bonchev–Trinajstić information content (AvgIpc) is 2.51. The highest BCUT2D eigenvalue weighted by Gasteiger charge is 2.09. The number of nitrogens with two attached hydrogens (primary N) is 1. The molecule has 1 heterocycles. The van der Waals surface area contributed by atoms with Crippen LogP contribution in [0.1, 0.15) is 22.3 Å². The van der Waals surface area contributed by atoms with E-state index in [-0.39, 0.29) is 18.2 Å². The van der Waals surface area contributed by atoms with Crippen LogP contribution in [0.5, 0.6) is 0 Å². The molecule has 0 aliphatic rings. The van der Waals surface area contributed by atoms with Gasteiger partial charge in [-0.3, -0.25) is 14.6 Å². The second-order valence-electron chi connectivity index (χ2n) is 4.81. The lowest BCUT2D eigenvalue weighted by molar-refractivity contribution is -0.116. The number of amides is 2. The summed E-state index contributed by atoms with van der Waals surface area (Å²) >= 11 is 0. The highest BCUT2D eigenvalue weighted by Crippen LogP contribution is 2.21. The van der Waals surface area contributed by atoms with Crippen LogP contribution in [0, 0.1) is 6.92 Å². The quantitative estimate of drug-likeness (QED) is 0.785. The summed E-state index contributed by atoms with van der Waals surface area (Å²) < 4.78 is 0. The molecule has 0 unspecified atom stereocenters. The first kappa shape index (κ1) is 15.7. The van der Waals surface area contributed by atoms with Gasteiger partial charge >= 0.3 is 0 Å². The molecule has 0 spiro atoms. The Labute approximate surface area is 128 Å². The maximum Gasteiger partial charge on any atom is 0.257 e. The van der Waals surface area contributed by atoms with E-state index < -0.39 is 0 Å². The third-order valence-electron chi connectivity index (χ3n) is 3.06. The van der Waals surface area contributed by atoms with Gasteiger partial charge < -0.3 is 16.4 Å². The van der Waals surface area contributed by atoms with Gasteiger partial charge in [-0.1, -0.05) is 6.07 Å². The molecular weight excluding hydrogens is 280 g/mol. The molecule has 6 nitrogen and oxygen atoms in total. The standard InChI is InChI=1S/C16H18N4O2/c1-11-4-5-13(9-14(11)20-15(21)6-7-17)19-16(22)12-3-2-8-18-10-12/h2-5,8-10H,6-7,17H2,1H3,(H,19,22)(H,20,21). The van der Waals surface area contributed by atoms with Crippen LogP contribution in [-0.2, 0) is 4.79 Å². The van der Waals surface area contributed by atoms with Crippen LogP contribution in [0.3, 0.4) is 0 Å². The number of aryl methyl sites for hydroxylation is 1. The molecule has 2 aromatic rings. The largest absolute Gasteiger partial charge is 0.330 e. The fraction of sp³-hybridized carbons (Fsp3) is 0.188. The molecule has 0 bridgehead atoms. The van der Waals surface area contributed by atoms with E-state index in [0.717, 1.165) is 5.56 Å². The zero-order chi connectivity index (χ0) is 15.9. The van der Waals surface area contributed by atoms with E-state index in [1.165, 1.54) is 6.20 Å². The normalized spacial score (nSPS) is 10.1. The Kier molecular flexibility index (Phi) is 5.21. The van der Waals surface area contributed by atoms with Gasteiger partial charge in [-0.15, -0.1) is 0 Å². The molecule has 2 amide bonds. The van der Waals surface area contributed by atoms with Gasteiger partial charge in [0, 0.05) is 36.7 Å². The Balaban J connectivity index is 2.12. The second kappa shape index (κ2) is 7.33. The number of nitrogens with one attached hydrogen (secondary N) is 2. The van der Waals surface area contributed by atoms with Gasteiger partial charge in [0.2, 0.25) is 5.91 Å². The molecule has 0 atom stereocenters. The van der Waals surface area contributed by atoms with Gasteiger partial charge in [-0.2, -0.15) is 0 Å². The Bertz CT molecular complexity index is 671. The molecule has 0 saturated carbocycles. The molecule has 1 aromatic heterocycles. The first-order chi connectivity index (χ1) is 10.6. The Hall–Kier alpha value is -2.73. The second-order valence-corrected chi connectivity index (χ2v) is 4.81. The smallest absolute Gasteiger partial charge is 0.257 e. The van der Waals surface area contributed by atoms with Gasteiger partial charge in [0.05, 0.1) is 5.56 Å². The highest BCUT2D eigenvalue weighted by atomic mass is 16.2. The van der Waals surface area contributed by atoms with Crippen molar-refractivity contribution in [3.05, 3.63) is 53.9 Å². The number of carbonyl (C=O) groups is 2. The number of aromatic nitrogens is 1. The lowest BCUT2D eigenvalue weighted by atomic mass is 10.1. The molecule has 0 aliphatic heterocycles. The highest BCUT2D eigenvalue weighted by molar-refractivity contribution is 6.04. The zero-order valence-corrected chi connectivity index (χ0v) is 12.3. The van der Waals surface area contributed by atoms with Gasteiger partial charge in [-0.05, 0) is 36.8 Å². The third-order valence-corrected chi connectivity index (χ3v) is 3.06. The zero-order valence-electron chi connectivity index (χ0n) is 12.3. The third kappa shape index (κ3) is 4.13. The molecule has 4 N–H and O–H groups in total. The number of rotatable bonds is 5. The predicted molar refractivity (Wildman–Crippen MR) is 85.7 cm³/mol. The maximum absolute atomic E-state index is 12.1. The molecule has 0 radical (unpaired) electrons. The van der Waals surface area contributed by atoms with E-state index in [9.17, 15) is 9.59 Å². The van der Waals surface area contributed by atoms with E-state index in [4.69, 9.17) is 5.73 Å². The minimum atomic E-state index is -0.254. The lowest BCUT2D eigenvalue weighted by Crippen LogP contribution is -2.17. The molecule has 6 heteroatoms. The van der Waals surface area contributed by atoms with Gasteiger partial charge in [0.1, 0.15) is 0 Å². The Morgan fingerprint density at radius 2 is 2.05 bits per heavy atom. The first-order valence-corrected chi connectivity index (χ1v) is 6.92. The lowest BCUT2D eigenvalue weighted by Gasteiger charge is -2.11. The first-order valence-electron chi connectivity index (χ1n) is 6.92. The minimum absolute atomic E-state index is 0.152. The number of benzene rings is 1. The molecule has 0 aliphatic carbocycles. The summed E-state index contributed by atoms with van der Waals surface area (Å²) in [5.74, 6) is -0.405. The number of pyridine rings is 1. The van der Waals surface area contributed by atoms with Crippen LogP contribution in [-0.4, -0.2) is 23.3 Å². The van der Waals surface area contributed by atoms with E-state index in [1.54, 1.807) is 30.5 Å². The van der Waals surface area contributed by atoms with E-state index in [2.05, 4.69) is 15.6 Å². The number of nitrogens with zero attached hydrogens (tertiary/aromatic N) is 1. The van der Waals surface area contributed by atoms with Crippen LogP contribution in [0.4, 0.5) is 11.4 Å². The predicted octanol–water partition coefficient (Wildman–Crippen LogP) is 1.93. The molecule has 114 valence electrons. The maximum atomic E-state index is 12.1.